The van der Waals surface area contributed by atoms with E-state index in [1.54, 1.807) is 6.07 Å². The van der Waals surface area contributed by atoms with Gasteiger partial charge in [-0.3, -0.25) is 4.79 Å². The highest BCUT2D eigenvalue weighted by atomic mass is 79.9. The first-order valence-corrected chi connectivity index (χ1v) is 6.00. The monoisotopic (exact) mass is 318 g/mol. The van der Waals surface area contributed by atoms with Crippen LogP contribution in [0.1, 0.15) is 16.8 Å². The van der Waals surface area contributed by atoms with Crippen molar-refractivity contribution in [1.29, 1.82) is 0 Å². The molecular weight excluding hydrogens is 312 g/mol. The van der Waals surface area contributed by atoms with Crippen LogP contribution in [-0.2, 0) is 0 Å². The molecule has 2 rings (SSSR count). The maximum absolute atomic E-state index is 11.8. The van der Waals surface area contributed by atoms with Crippen molar-refractivity contribution in [3.63, 3.8) is 0 Å². The third-order valence-electron chi connectivity index (χ3n) is 2.12. The van der Waals surface area contributed by atoms with Gasteiger partial charge in [0.1, 0.15) is 5.75 Å². The molecule has 0 aromatic heterocycles. The second kappa shape index (κ2) is 4.03. The summed E-state index contributed by atoms with van der Waals surface area (Å²) >= 11 is 6.69. The molecule has 0 saturated carbocycles. The van der Waals surface area contributed by atoms with E-state index in [9.17, 15) is 4.79 Å². The first-order chi connectivity index (χ1) is 6.68. The van der Waals surface area contributed by atoms with Gasteiger partial charge in [0.15, 0.2) is 5.78 Å². The minimum Gasteiger partial charge on any atom is -0.493 e. The third kappa shape index (κ3) is 1.86. The van der Waals surface area contributed by atoms with E-state index in [-0.39, 0.29) is 10.6 Å². The molecule has 0 amide bonds. The lowest BCUT2D eigenvalue weighted by Crippen LogP contribution is -2.12. The van der Waals surface area contributed by atoms with Crippen molar-refractivity contribution in [2.24, 2.45) is 0 Å². The Morgan fingerprint density at radius 1 is 1.43 bits per heavy atom. The molecule has 0 unspecified atom stereocenters. The molecule has 14 heavy (non-hydrogen) atoms. The quantitative estimate of drug-likeness (QED) is 0.687. The van der Waals surface area contributed by atoms with Crippen molar-refractivity contribution in [2.45, 2.75) is 11.2 Å². The van der Waals surface area contributed by atoms with E-state index < -0.39 is 0 Å². The highest BCUT2D eigenvalue weighted by molar-refractivity contribution is 9.10. The zero-order chi connectivity index (χ0) is 10.1. The number of benzene rings is 1. The van der Waals surface area contributed by atoms with Crippen LogP contribution in [0.3, 0.4) is 0 Å². The van der Waals surface area contributed by atoms with Crippen LogP contribution in [0.4, 0.5) is 0 Å². The Hall–Kier alpha value is -0.350. The number of fused-ring (bicyclic) bond motifs is 1. The minimum absolute atomic E-state index is 0.0961. The number of hydrogen-bond acceptors (Lipinski definition) is 2. The molecule has 1 aromatic rings. The van der Waals surface area contributed by atoms with Gasteiger partial charge in [0.2, 0.25) is 0 Å². The summed E-state index contributed by atoms with van der Waals surface area (Å²) in [5.41, 5.74) is 0.652. The van der Waals surface area contributed by atoms with Gasteiger partial charge in [0.05, 0.1) is 17.0 Å². The zero-order valence-electron chi connectivity index (χ0n) is 7.30. The summed E-state index contributed by atoms with van der Waals surface area (Å²) in [5.74, 6) is 0.777. The van der Waals surface area contributed by atoms with Crippen LogP contribution in [0.2, 0.25) is 0 Å². The number of ketones is 1. The van der Waals surface area contributed by atoms with Crippen molar-refractivity contribution in [1.82, 2.24) is 0 Å². The largest absolute Gasteiger partial charge is 0.493 e. The summed E-state index contributed by atoms with van der Waals surface area (Å²) in [7, 11) is 0. The summed E-state index contributed by atoms with van der Waals surface area (Å²) in [6.07, 6.45) is 0.713. The van der Waals surface area contributed by atoms with Crippen molar-refractivity contribution in [3.8, 4) is 5.75 Å². The first-order valence-electron chi connectivity index (χ1n) is 4.29. The van der Waals surface area contributed by atoms with Gasteiger partial charge in [-0.25, -0.2) is 0 Å². The van der Waals surface area contributed by atoms with Gasteiger partial charge < -0.3 is 4.74 Å². The number of ether oxygens (including phenoxy) is 1. The van der Waals surface area contributed by atoms with Gasteiger partial charge in [-0.05, 0) is 18.2 Å². The van der Waals surface area contributed by atoms with Gasteiger partial charge in [-0.2, -0.15) is 0 Å². The van der Waals surface area contributed by atoms with Gasteiger partial charge in [0.25, 0.3) is 0 Å². The number of carbonyl (C=O) groups is 1. The Kier molecular flexibility index (Phi) is 2.93. The van der Waals surface area contributed by atoms with Gasteiger partial charge >= 0.3 is 0 Å². The predicted molar refractivity (Wildman–Crippen MR) is 61.3 cm³/mol. The Bertz CT molecular complexity index is 376. The maximum atomic E-state index is 11.8. The summed E-state index contributed by atoms with van der Waals surface area (Å²) in [5, 5.41) is 0. The summed E-state index contributed by atoms with van der Waals surface area (Å²) in [4.78, 5) is 11.7. The number of hydrogen-bond donors (Lipinski definition) is 0. The predicted octanol–water partition coefficient (Wildman–Crippen LogP) is 3.18. The van der Waals surface area contributed by atoms with Gasteiger partial charge in [0, 0.05) is 10.9 Å². The molecule has 0 fully saturated rings. The SMILES string of the molecule is O=C1c2cc(Br)ccc2OCC[C@H]1Br. The minimum atomic E-state index is -0.127. The second-order valence-electron chi connectivity index (χ2n) is 3.11. The van der Waals surface area contributed by atoms with Crippen molar-refractivity contribution in [2.75, 3.05) is 6.61 Å². The molecule has 0 bridgehead atoms. The molecule has 0 saturated heterocycles. The highest BCUT2D eigenvalue weighted by Gasteiger charge is 2.24. The molecule has 1 aliphatic heterocycles. The Labute approximate surface area is 98.9 Å². The maximum Gasteiger partial charge on any atom is 0.180 e. The van der Waals surface area contributed by atoms with Crippen LogP contribution in [0.15, 0.2) is 22.7 Å². The molecule has 1 atom stereocenters. The zero-order valence-corrected chi connectivity index (χ0v) is 10.5. The fraction of sp³-hybridized carbons (Fsp3) is 0.300. The Morgan fingerprint density at radius 2 is 2.21 bits per heavy atom. The smallest absolute Gasteiger partial charge is 0.180 e. The van der Waals surface area contributed by atoms with Crippen molar-refractivity contribution < 1.29 is 9.53 Å². The van der Waals surface area contributed by atoms with Crippen LogP contribution < -0.4 is 4.74 Å². The summed E-state index contributed by atoms with van der Waals surface area (Å²) < 4.78 is 6.37. The summed E-state index contributed by atoms with van der Waals surface area (Å²) in [6.45, 7) is 0.580. The Balaban J connectivity index is 2.50. The normalized spacial score (nSPS) is 21.0. The van der Waals surface area contributed by atoms with E-state index >= 15 is 0 Å². The fourth-order valence-corrected chi connectivity index (χ4v) is 2.19. The van der Waals surface area contributed by atoms with E-state index in [0.717, 1.165) is 4.47 Å². The molecular formula is C10H8Br2O2. The van der Waals surface area contributed by atoms with E-state index in [0.29, 0.717) is 24.3 Å². The van der Waals surface area contributed by atoms with E-state index in [2.05, 4.69) is 31.9 Å². The number of carbonyl (C=O) groups excluding carboxylic acids is 1. The second-order valence-corrected chi connectivity index (χ2v) is 5.13. The Morgan fingerprint density at radius 3 is 3.00 bits per heavy atom. The average Bonchev–Trinajstić information content (AvgIpc) is 2.30. The lowest BCUT2D eigenvalue weighted by atomic mass is 10.1. The van der Waals surface area contributed by atoms with Crippen LogP contribution >= 0.6 is 31.9 Å². The molecule has 0 spiro atoms. The lowest BCUT2D eigenvalue weighted by molar-refractivity contribution is 0.0991. The molecule has 1 aliphatic rings. The molecule has 4 heteroatoms. The lowest BCUT2D eigenvalue weighted by Gasteiger charge is -2.05. The van der Waals surface area contributed by atoms with Crippen molar-refractivity contribution >= 4 is 37.6 Å². The highest BCUT2D eigenvalue weighted by Crippen LogP contribution is 2.29. The third-order valence-corrected chi connectivity index (χ3v) is 3.49. The first kappa shape index (κ1) is 10.2. The van der Waals surface area contributed by atoms with Gasteiger partial charge in [-0.15, -0.1) is 0 Å². The van der Waals surface area contributed by atoms with Crippen molar-refractivity contribution in [3.05, 3.63) is 28.2 Å². The topological polar surface area (TPSA) is 26.3 Å². The number of rotatable bonds is 0. The number of Topliss-reactive ketones (excluding diaryl/α,β-unsaturated/α-hetero) is 1. The van der Waals surface area contributed by atoms with Gasteiger partial charge in [-0.1, -0.05) is 31.9 Å². The van der Waals surface area contributed by atoms with Crippen LogP contribution in [-0.4, -0.2) is 17.2 Å². The molecule has 1 aromatic carbocycles. The van der Waals surface area contributed by atoms with E-state index in [4.69, 9.17) is 4.74 Å². The standard InChI is InChI=1S/C10H8Br2O2/c11-6-1-2-9-7(5-6)10(13)8(12)3-4-14-9/h1-2,5,8H,3-4H2/t8-/m1/s1. The van der Waals surface area contributed by atoms with E-state index in [1.807, 2.05) is 12.1 Å². The summed E-state index contributed by atoms with van der Waals surface area (Å²) in [6, 6.07) is 5.50. The van der Waals surface area contributed by atoms with Crippen LogP contribution in [0.25, 0.3) is 0 Å². The molecule has 0 aliphatic carbocycles. The fourth-order valence-electron chi connectivity index (χ4n) is 1.39. The molecule has 0 radical (unpaired) electrons. The average molecular weight is 320 g/mol. The number of halogens is 2. The van der Waals surface area contributed by atoms with Crippen LogP contribution in [0, 0.1) is 0 Å². The molecule has 0 N–H and O–H groups in total. The molecule has 1 heterocycles. The molecule has 74 valence electrons. The van der Waals surface area contributed by atoms with Crippen LogP contribution in [0.5, 0.6) is 5.75 Å². The molecule has 2 nitrogen and oxygen atoms in total. The van der Waals surface area contributed by atoms with E-state index in [1.165, 1.54) is 0 Å². The number of alkyl halides is 1.